The van der Waals surface area contributed by atoms with Gasteiger partial charge in [0.25, 0.3) is 0 Å². The molecule has 0 aromatic rings. The number of amides is 1. The first kappa shape index (κ1) is 10.3. The van der Waals surface area contributed by atoms with Gasteiger partial charge < -0.3 is 4.90 Å². The second-order valence-electron chi connectivity index (χ2n) is 4.48. The van der Waals surface area contributed by atoms with Crippen LogP contribution in [0.2, 0.25) is 0 Å². The minimum atomic E-state index is -0.229. The van der Waals surface area contributed by atoms with Crippen molar-refractivity contribution in [2.24, 2.45) is 5.92 Å². The number of rotatable bonds is 2. The van der Waals surface area contributed by atoms with Gasteiger partial charge >= 0.3 is 0 Å². The van der Waals surface area contributed by atoms with Crippen molar-refractivity contribution in [3.8, 4) is 0 Å². The lowest BCUT2D eigenvalue weighted by Crippen LogP contribution is -2.38. The van der Waals surface area contributed by atoms with Gasteiger partial charge in [-0.2, -0.15) is 0 Å². The van der Waals surface area contributed by atoms with Gasteiger partial charge in [0.2, 0.25) is 5.91 Å². The second kappa shape index (κ2) is 4.52. The molecule has 1 atom stereocenters. The molecule has 2 rings (SSSR count). The summed E-state index contributed by atoms with van der Waals surface area (Å²) in [4.78, 5) is 13.9. The van der Waals surface area contributed by atoms with Crippen LogP contribution in [-0.2, 0) is 4.79 Å². The summed E-state index contributed by atoms with van der Waals surface area (Å²) in [7, 11) is 0. The summed E-state index contributed by atoms with van der Waals surface area (Å²) in [6, 6.07) is 0. The molecule has 1 aliphatic heterocycles. The summed E-state index contributed by atoms with van der Waals surface area (Å²) in [6.07, 6.45) is 7.13. The van der Waals surface area contributed by atoms with Crippen molar-refractivity contribution in [1.82, 2.24) is 4.90 Å². The predicted octanol–water partition coefficient (Wildman–Crippen LogP) is 2.41. The van der Waals surface area contributed by atoms with Crippen LogP contribution in [0.4, 0.5) is 0 Å². The van der Waals surface area contributed by atoms with E-state index in [2.05, 4.69) is 0 Å². The van der Waals surface area contributed by atoms with Gasteiger partial charge in [-0.1, -0.05) is 12.8 Å². The Labute approximate surface area is 90.6 Å². The minimum absolute atomic E-state index is 0.191. The van der Waals surface area contributed by atoms with Crippen LogP contribution < -0.4 is 0 Å². The van der Waals surface area contributed by atoms with Crippen LogP contribution in [0.5, 0.6) is 0 Å². The summed E-state index contributed by atoms with van der Waals surface area (Å²) in [5, 5.41) is -0.229. The summed E-state index contributed by atoms with van der Waals surface area (Å²) < 4.78 is 0. The number of hydrogen-bond donors (Lipinski definition) is 0. The van der Waals surface area contributed by atoms with Gasteiger partial charge in [0, 0.05) is 13.1 Å². The van der Waals surface area contributed by atoms with E-state index in [1.165, 1.54) is 12.8 Å². The lowest BCUT2D eigenvalue weighted by molar-refractivity contribution is -0.131. The molecule has 2 nitrogen and oxygen atoms in total. The van der Waals surface area contributed by atoms with Crippen molar-refractivity contribution >= 4 is 17.5 Å². The first-order valence-corrected chi connectivity index (χ1v) is 6.15. The topological polar surface area (TPSA) is 20.3 Å². The Morgan fingerprint density at radius 1 is 1.14 bits per heavy atom. The summed E-state index contributed by atoms with van der Waals surface area (Å²) in [5.41, 5.74) is 0. The maximum absolute atomic E-state index is 11.9. The summed E-state index contributed by atoms with van der Waals surface area (Å²) in [6.45, 7) is 1.85. The molecule has 0 aromatic carbocycles. The zero-order valence-electron chi connectivity index (χ0n) is 8.54. The van der Waals surface area contributed by atoms with E-state index in [0.717, 1.165) is 38.8 Å². The molecule has 2 aliphatic rings. The van der Waals surface area contributed by atoms with Gasteiger partial charge in [-0.25, -0.2) is 0 Å². The van der Waals surface area contributed by atoms with Crippen LogP contribution in [0.1, 0.15) is 38.5 Å². The molecule has 0 aromatic heterocycles. The molecular weight excluding hydrogens is 198 g/mol. The molecule has 0 spiro atoms. The normalized spacial score (nSPS) is 25.6. The predicted molar refractivity (Wildman–Crippen MR) is 57.4 cm³/mol. The third kappa shape index (κ3) is 2.41. The Hall–Kier alpha value is -0.240. The van der Waals surface area contributed by atoms with E-state index in [-0.39, 0.29) is 11.3 Å². The van der Waals surface area contributed by atoms with Crippen molar-refractivity contribution in [3.63, 3.8) is 0 Å². The Morgan fingerprint density at radius 3 is 2.21 bits per heavy atom. The molecule has 1 heterocycles. The molecule has 0 radical (unpaired) electrons. The highest BCUT2D eigenvalue weighted by atomic mass is 35.5. The van der Waals surface area contributed by atoms with E-state index >= 15 is 0 Å². The number of hydrogen-bond acceptors (Lipinski definition) is 1. The molecule has 14 heavy (non-hydrogen) atoms. The van der Waals surface area contributed by atoms with Crippen LogP contribution in [0.15, 0.2) is 0 Å². The average molecular weight is 216 g/mol. The van der Waals surface area contributed by atoms with Gasteiger partial charge in [-0.05, 0) is 31.6 Å². The molecule has 1 unspecified atom stereocenters. The molecule has 80 valence electrons. The van der Waals surface area contributed by atoms with E-state index in [1.54, 1.807) is 0 Å². The van der Waals surface area contributed by atoms with E-state index in [4.69, 9.17) is 11.6 Å². The lowest BCUT2D eigenvalue weighted by atomic mass is 10.2. The van der Waals surface area contributed by atoms with Crippen LogP contribution in [0.3, 0.4) is 0 Å². The molecule has 1 amide bonds. The van der Waals surface area contributed by atoms with E-state index in [9.17, 15) is 4.79 Å². The SMILES string of the molecule is O=C(C(Cl)C1CC1)N1CCCCCC1. The van der Waals surface area contributed by atoms with Crippen LogP contribution >= 0.6 is 11.6 Å². The number of carbonyl (C=O) groups is 1. The smallest absolute Gasteiger partial charge is 0.240 e. The van der Waals surface area contributed by atoms with Crippen molar-refractivity contribution in [3.05, 3.63) is 0 Å². The molecule has 1 saturated carbocycles. The second-order valence-corrected chi connectivity index (χ2v) is 4.95. The van der Waals surface area contributed by atoms with Crippen molar-refractivity contribution in [1.29, 1.82) is 0 Å². The molecule has 1 aliphatic carbocycles. The third-order valence-electron chi connectivity index (χ3n) is 3.19. The van der Waals surface area contributed by atoms with E-state index < -0.39 is 0 Å². The monoisotopic (exact) mass is 215 g/mol. The highest BCUT2D eigenvalue weighted by Crippen LogP contribution is 2.36. The van der Waals surface area contributed by atoms with Crippen molar-refractivity contribution in [2.45, 2.75) is 43.9 Å². The first-order valence-electron chi connectivity index (χ1n) is 5.72. The lowest BCUT2D eigenvalue weighted by Gasteiger charge is -2.22. The van der Waals surface area contributed by atoms with Gasteiger partial charge in [0.1, 0.15) is 5.38 Å². The zero-order chi connectivity index (χ0) is 9.97. The van der Waals surface area contributed by atoms with E-state index in [1.807, 2.05) is 4.90 Å². The summed E-state index contributed by atoms with van der Waals surface area (Å²) >= 11 is 6.12. The standard InChI is InChI=1S/C11H18ClNO/c12-10(9-5-6-9)11(14)13-7-3-1-2-4-8-13/h9-10H,1-8H2. The fraction of sp³-hybridized carbons (Fsp3) is 0.909. The molecular formula is C11H18ClNO. The number of likely N-dealkylation sites (tertiary alicyclic amines) is 1. The zero-order valence-corrected chi connectivity index (χ0v) is 9.30. The molecule has 3 heteroatoms. The van der Waals surface area contributed by atoms with Crippen LogP contribution in [0.25, 0.3) is 0 Å². The fourth-order valence-corrected chi connectivity index (χ4v) is 2.45. The maximum atomic E-state index is 11.9. The van der Waals surface area contributed by atoms with Crippen LogP contribution in [-0.4, -0.2) is 29.3 Å². The highest BCUT2D eigenvalue weighted by molar-refractivity contribution is 6.31. The number of alkyl halides is 1. The first-order chi connectivity index (χ1) is 6.79. The fourth-order valence-electron chi connectivity index (χ4n) is 2.06. The van der Waals surface area contributed by atoms with Crippen LogP contribution in [0, 0.1) is 5.92 Å². The Morgan fingerprint density at radius 2 is 1.71 bits per heavy atom. The quantitative estimate of drug-likeness (QED) is 0.648. The summed E-state index contributed by atoms with van der Waals surface area (Å²) in [5.74, 6) is 0.670. The van der Waals surface area contributed by atoms with Gasteiger partial charge in [0.05, 0.1) is 0 Å². The van der Waals surface area contributed by atoms with Crippen molar-refractivity contribution < 1.29 is 4.79 Å². The van der Waals surface area contributed by atoms with Crippen molar-refractivity contribution in [2.75, 3.05) is 13.1 Å². The maximum Gasteiger partial charge on any atom is 0.240 e. The van der Waals surface area contributed by atoms with Gasteiger partial charge in [-0.3, -0.25) is 4.79 Å². The Kier molecular flexibility index (Phi) is 3.32. The molecule has 1 saturated heterocycles. The Bertz CT molecular complexity index is 207. The van der Waals surface area contributed by atoms with Gasteiger partial charge in [0.15, 0.2) is 0 Å². The Balaban J connectivity index is 1.87. The average Bonchev–Trinajstić information content (AvgIpc) is 3.02. The van der Waals surface area contributed by atoms with Gasteiger partial charge in [-0.15, -0.1) is 11.6 Å². The molecule has 2 fully saturated rings. The minimum Gasteiger partial charge on any atom is -0.341 e. The largest absolute Gasteiger partial charge is 0.341 e. The molecule has 0 N–H and O–H groups in total. The third-order valence-corrected chi connectivity index (χ3v) is 3.73. The molecule has 0 bridgehead atoms. The number of halogens is 1. The number of carbonyl (C=O) groups excluding carboxylic acids is 1. The highest BCUT2D eigenvalue weighted by Gasteiger charge is 2.36. The van der Waals surface area contributed by atoms with E-state index in [0.29, 0.717) is 5.92 Å². The number of nitrogens with zero attached hydrogens (tertiary/aromatic N) is 1.